The number of benzene rings is 2. The second-order valence-corrected chi connectivity index (χ2v) is 9.37. The molecule has 1 aliphatic rings. The molecule has 0 radical (unpaired) electrons. The molecule has 170 valence electrons. The lowest BCUT2D eigenvalue weighted by atomic mass is 10.1. The highest BCUT2D eigenvalue weighted by atomic mass is 32.1. The Morgan fingerprint density at radius 3 is 2.59 bits per heavy atom. The van der Waals surface area contributed by atoms with Crippen LogP contribution in [-0.4, -0.2) is 56.6 Å². The summed E-state index contributed by atoms with van der Waals surface area (Å²) in [5, 5.41) is 3.72. The predicted octanol–water partition coefficient (Wildman–Crippen LogP) is 5.22. The zero-order valence-electron chi connectivity index (χ0n) is 19.2. The van der Waals surface area contributed by atoms with E-state index in [-0.39, 0.29) is 5.91 Å². The molecule has 0 saturated heterocycles. The number of rotatable bonds is 11. The van der Waals surface area contributed by atoms with Gasteiger partial charge >= 0.3 is 0 Å². The zero-order chi connectivity index (χ0) is 22.5. The molecular formula is C26H32N2O3S. The van der Waals surface area contributed by atoms with Crippen molar-refractivity contribution in [2.75, 3.05) is 40.9 Å². The van der Waals surface area contributed by atoms with Gasteiger partial charge in [0, 0.05) is 23.4 Å². The van der Waals surface area contributed by atoms with Gasteiger partial charge in [-0.3, -0.25) is 4.79 Å². The number of aryl methyl sites for hydroxylation is 1. The molecule has 2 heterocycles. The summed E-state index contributed by atoms with van der Waals surface area (Å²) in [4.78, 5) is 17.1. The van der Waals surface area contributed by atoms with E-state index in [0.717, 1.165) is 43.6 Å². The summed E-state index contributed by atoms with van der Waals surface area (Å²) in [7, 11) is 5.40. The number of hydrogen-bond acceptors (Lipinski definition) is 5. The van der Waals surface area contributed by atoms with Crippen molar-refractivity contribution < 1.29 is 14.3 Å². The fourth-order valence-electron chi connectivity index (χ4n) is 4.45. The molecule has 5 nitrogen and oxygen atoms in total. The maximum absolute atomic E-state index is 12.8. The number of hydrogen-bond donors (Lipinski definition) is 0. The van der Waals surface area contributed by atoms with Gasteiger partial charge < -0.3 is 19.3 Å². The van der Waals surface area contributed by atoms with Crippen LogP contribution in [0.15, 0.2) is 41.8 Å². The van der Waals surface area contributed by atoms with E-state index < -0.39 is 0 Å². The Kier molecular flexibility index (Phi) is 7.33. The minimum absolute atomic E-state index is 0.0894. The Labute approximate surface area is 194 Å². The van der Waals surface area contributed by atoms with Crippen LogP contribution in [0.4, 0.5) is 0 Å². The molecule has 0 spiro atoms. The van der Waals surface area contributed by atoms with Gasteiger partial charge in [-0.15, -0.1) is 11.3 Å². The van der Waals surface area contributed by atoms with Gasteiger partial charge in [-0.2, -0.15) is 0 Å². The van der Waals surface area contributed by atoms with Crippen molar-refractivity contribution in [3.05, 3.63) is 58.5 Å². The first-order chi connectivity index (χ1) is 15.6. The molecule has 1 aromatic heterocycles. The van der Waals surface area contributed by atoms with Crippen molar-refractivity contribution in [2.45, 2.75) is 32.2 Å². The molecule has 0 saturated carbocycles. The molecule has 0 aliphatic carbocycles. The highest BCUT2D eigenvalue weighted by Gasteiger charge is 2.29. The number of thiophene rings is 1. The van der Waals surface area contributed by atoms with Crippen LogP contribution in [0, 0.1) is 0 Å². The van der Waals surface area contributed by atoms with E-state index in [9.17, 15) is 4.79 Å². The summed E-state index contributed by atoms with van der Waals surface area (Å²) >= 11 is 1.84. The summed E-state index contributed by atoms with van der Waals surface area (Å²) < 4.78 is 12.1. The van der Waals surface area contributed by atoms with Gasteiger partial charge in [0.25, 0.3) is 5.91 Å². The van der Waals surface area contributed by atoms with Crippen LogP contribution in [0.2, 0.25) is 0 Å². The summed E-state index contributed by atoms with van der Waals surface area (Å²) in [6.07, 6.45) is 4.51. The summed E-state index contributed by atoms with van der Waals surface area (Å²) in [6, 6.07) is 12.4. The topological polar surface area (TPSA) is 42.0 Å². The summed E-state index contributed by atoms with van der Waals surface area (Å²) in [5.74, 6) is 1.37. The van der Waals surface area contributed by atoms with Gasteiger partial charge in [0.05, 0.1) is 14.2 Å². The van der Waals surface area contributed by atoms with Crippen LogP contribution in [0.3, 0.4) is 0 Å². The van der Waals surface area contributed by atoms with Crippen molar-refractivity contribution in [1.82, 2.24) is 9.80 Å². The number of fused-ring (bicyclic) bond motifs is 2. The third kappa shape index (κ3) is 4.92. The van der Waals surface area contributed by atoms with E-state index >= 15 is 0 Å². The Balaban J connectivity index is 1.18. The second-order valence-electron chi connectivity index (χ2n) is 8.46. The SMILES string of the molecule is COc1cc2c(cc1OC)C(=O)N(CCCN(C)CCCCc1csc3ccccc13)C2. The van der Waals surface area contributed by atoms with Gasteiger partial charge in [-0.1, -0.05) is 18.2 Å². The molecule has 0 N–H and O–H groups in total. The number of carbonyl (C=O) groups excluding carboxylic acids is 1. The molecule has 0 atom stereocenters. The standard InChI is InChI=1S/C26H32N2O3S/c1-27(12-7-6-9-19-18-32-25-11-5-4-10-21(19)25)13-8-14-28-17-20-15-23(30-2)24(31-3)16-22(20)26(28)29/h4-5,10-11,15-16,18H,6-9,12-14,17H2,1-3H3. The average molecular weight is 453 g/mol. The Bertz CT molecular complexity index is 1080. The minimum atomic E-state index is 0.0894. The highest BCUT2D eigenvalue weighted by Crippen LogP contribution is 2.35. The molecule has 0 fully saturated rings. The van der Waals surface area contributed by atoms with Crippen molar-refractivity contribution >= 4 is 27.3 Å². The van der Waals surface area contributed by atoms with Gasteiger partial charge in [-0.25, -0.2) is 0 Å². The number of methoxy groups -OCH3 is 2. The summed E-state index contributed by atoms with van der Waals surface area (Å²) in [5.41, 5.74) is 3.23. The van der Waals surface area contributed by atoms with Crippen molar-refractivity contribution in [1.29, 1.82) is 0 Å². The van der Waals surface area contributed by atoms with Crippen molar-refractivity contribution in [3.63, 3.8) is 0 Å². The van der Waals surface area contributed by atoms with E-state index in [1.807, 2.05) is 22.3 Å². The van der Waals surface area contributed by atoms with Crippen LogP contribution >= 0.6 is 11.3 Å². The van der Waals surface area contributed by atoms with Crippen LogP contribution in [0.25, 0.3) is 10.1 Å². The monoisotopic (exact) mass is 452 g/mol. The maximum atomic E-state index is 12.8. The fraction of sp³-hybridized carbons (Fsp3) is 0.423. The normalized spacial score (nSPS) is 13.2. The lowest BCUT2D eigenvalue weighted by molar-refractivity contribution is 0.0772. The van der Waals surface area contributed by atoms with Crippen LogP contribution < -0.4 is 9.47 Å². The maximum Gasteiger partial charge on any atom is 0.254 e. The van der Waals surface area contributed by atoms with E-state index in [0.29, 0.717) is 18.0 Å². The lowest BCUT2D eigenvalue weighted by Gasteiger charge is -2.20. The molecule has 4 rings (SSSR count). The number of amides is 1. The predicted molar refractivity (Wildman–Crippen MR) is 131 cm³/mol. The van der Waals surface area contributed by atoms with Crippen LogP contribution in [0.1, 0.15) is 40.7 Å². The molecule has 32 heavy (non-hydrogen) atoms. The minimum Gasteiger partial charge on any atom is -0.493 e. The van der Waals surface area contributed by atoms with E-state index in [2.05, 4.69) is 41.6 Å². The highest BCUT2D eigenvalue weighted by molar-refractivity contribution is 7.17. The summed E-state index contributed by atoms with van der Waals surface area (Å²) in [6.45, 7) is 3.50. The van der Waals surface area contributed by atoms with Crippen LogP contribution in [0.5, 0.6) is 11.5 Å². The third-order valence-corrected chi connectivity index (χ3v) is 7.27. The number of nitrogens with zero attached hydrogens (tertiary/aromatic N) is 2. The van der Waals surface area contributed by atoms with E-state index in [1.165, 1.54) is 28.5 Å². The lowest BCUT2D eigenvalue weighted by Crippen LogP contribution is -2.29. The Morgan fingerprint density at radius 1 is 1.03 bits per heavy atom. The fourth-order valence-corrected chi connectivity index (χ4v) is 5.44. The smallest absolute Gasteiger partial charge is 0.254 e. The number of unbranched alkanes of at least 4 members (excludes halogenated alkanes) is 1. The number of carbonyl (C=O) groups is 1. The van der Waals surface area contributed by atoms with Gasteiger partial charge in [0.1, 0.15) is 0 Å². The molecule has 0 bridgehead atoms. The first-order valence-corrected chi connectivity index (χ1v) is 12.2. The molecular weight excluding hydrogens is 420 g/mol. The molecule has 3 aromatic rings. The first kappa shape index (κ1) is 22.6. The largest absolute Gasteiger partial charge is 0.493 e. The van der Waals surface area contributed by atoms with Gasteiger partial charge in [-0.05, 0) is 85.9 Å². The number of ether oxygens (including phenoxy) is 2. The van der Waals surface area contributed by atoms with Crippen LogP contribution in [-0.2, 0) is 13.0 Å². The van der Waals surface area contributed by atoms with E-state index in [4.69, 9.17) is 9.47 Å². The second kappa shape index (κ2) is 10.4. The first-order valence-electron chi connectivity index (χ1n) is 11.3. The zero-order valence-corrected chi connectivity index (χ0v) is 20.0. The Hall–Kier alpha value is -2.57. The quantitative estimate of drug-likeness (QED) is 0.374. The molecule has 1 aliphatic heterocycles. The average Bonchev–Trinajstić information content (AvgIpc) is 3.36. The molecule has 2 aromatic carbocycles. The third-order valence-electron chi connectivity index (χ3n) is 6.25. The molecule has 1 amide bonds. The molecule has 6 heteroatoms. The van der Waals surface area contributed by atoms with Gasteiger partial charge in [0.2, 0.25) is 0 Å². The van der Waals surface area contributed by atoms with Crippen molar-refractivity contribution in [3.8, 4) is 11.5 Å². The Morgan fingerprint density at radius 2 is 1.78 bits per heavy atom. The van der Waals surface area contributed by atoms with Gasteiger partial charge in [0.15, 0.2) is 11.5 Å². The molecule has 0 unspecified atom stereocenters. The van der Waals surface area contributed by atoms with Crippen molar-refractivity contribution in [2.24, 2.45) is 0 Å². The van der Waals surface area contributed by atoms with E-state index in [1.54, 1.807) is 20.3 Å².